The summed E-state index contributed by atoms with van der Waals surface area (Å²) in [5.41, 5.74) is -1.21. The number of hydrazone groups is 1. The lowest BCUT2D eigenvalue weighted by Gasteiger charge is -2.26. The van der Waals surface area contributed by atoms with Gasteiger partial charge in [-0.15, -0.1) is 13.2 Å². The molecule has 0 saturated heterocycles. The summed E-state index contributed by atoms with van der Waals surface area (Å²) in [7, 11) is 0.910. The Morgan fingerprint density at radius 1 is 1.08 bits per heavy atom. The van der Waals surface area contributed by atoms with E-state index in [-0.39, 0.29) is 24.6 Å². The van der Waals surface area contributed by atoms with Gasteiger partial charge in [0.15, 0.2) is 0 Å². The lowest BCUT2D eigenvalue weighted by Crippen LogP contribution is -2.49. The Labute approximate surface area is 219 Å². The fraction of sp³-hybridized carbons (Fsp3) is 0.292. The van der Waals surface area contributed by atoms with E-state index in [2.05, 4.69) is 14.6 Å². The number of benzene rings is 2. The summed E-state index contributed by atoms with van der Waals surface area (Å²) in [6, 6.07) is 8.69. The summed E-state index contributed by atoms with van der Waals surface area (Å²) in [5, 5.41) is 5.45. The van der Waals surface area contributed by atoms with Gasteiger partial charge in [0, 0.05) is 5.02 Å². The smallest absolute Gasteiger partial charge is 0.465 e. The van der Waals surface area contributed by atoms with Crippen molar-refractivity contribution in [3.63, 3.8) is 0 Å². The molecule has 2 aromatic carbocycles. The number of imide groups is 1. The molecule has 0 aliphatic carbocycles. The fourth-order valence-corrected chi connectivity index (χ4v) is 3.72. The molecule has 202 valence electrons. The van der Waals surface area contributed by atoms with E-state index in [0.717, 1.165) is 36.4 Å². The second kappa shape index (κ2) is 11.1. The average molecular weight is 556 g/mol. The SMILES string of the molecule is CCOC(=O)C1(C)CN(C(=O)N(C(=O)C(=O)OC)c2ccc(OC(F)(F)F)cc2)N=C1c1ccc(Cl)cc1. The van der Waals surface area contributed by atoms with Crippen molar-refractivity contribution in [3.05, 3.63) is 59.1 Å². The van der Waals surface area contributed by atoms with Crippen LogP contribution in [0.4, 0.5) is 23.7 Å². The molecular formula is C24H21ClF3N3O7. The first-order valence-electron chi connectivity index (χ1n) is 10.9. The van der Waals surface area contributed by atoms with Gasteiger partial charge >= 0.3 is 30.2 Å². The Hall–Kier alpha value is -4.13. The topological polar surface area (TPSA) is 115 Å². The van der Waals surface area contributed by atoms with Gasteiger partial charge in [0.1, 0.15) is 11.2 Å². The number of anilines is 1. The molecule has 1 heterocycles. The van der Waals surface area contributed by atoms with E-state index in [1.165, 1.54) is 6.92 Å². The third-order valence-electron chi connectivity index (χ3n) is 5.36. The first-order valence-corrected chi connectivity index (χ1v) is 11.3. The van der Waals surface area contributed by atoms with Gasteiger partial charge in [-0.05, 0) is 55.8 Å². The van der Waals surface area contributed by atoms with Crippen LogP contribution in [0.25, 0.3) is 0 Å². The first kappa shape index (κ1) is 28.4. The molecule has 0 radical (unpaired) electrons. The number of alkyl halides is 3. The van der Waals surface area contributed by atoms with Crippen LogP contribution in [0.3, 0.4) is 0 Å². The largest absolute Gasteiger partial charge is 0.573 e. The van der Waals surface area contributed by atoms with Crippen LogP contribution in [-0.4, -0.2) is 61.2 Å². The minimum atomic E-state index is -4.97. The summed E-state index contributed by atoms with van der Waals surface area (Å²) >= 11 is 5.96. The minimum absolute atomic E-state index is 0.0373. The number of carbonyl (C=O) groups excluding carboxylic acids is 4. The Bertz CT molecular complexity index is 1270. The van der Waals surface area contributed by atoms with Gasteiger partial charge in [-0.1, -0.05) is 23.7 Å². The van der Waals surface area contributed by atoms with E-state index in [0.29, 0.717) is 15.5 Å². The van der Waals surface area contributed by atoms with Crippen molar-refractivity contribution >= 4 is 46.9 Å². The molecule has 3 amide bonds. The molecule has 1 aliphatic rings. The van der Waals surface area contributed by atoms with Crippen LogP contribution in [0.5, 0.6) is 5.75 Å². The highest BCUT2D eigenvalue weighted by Gasteiger charge is 2.50. The second-order valence-corrected chi connectivity index (χ2v) is 8.46. The monoisotopic (exact) mass is 555 g/mol. The van der Waals surface area contributed by atoms with Crippen LogP contribution in [0.15, 0.2) is 53.6 Å². The van der Waals surface area contributed by atoms with E-state index < -0.39 is 41.4 Å². The van der Waals surface area contributed by atoms with Gasteiger partial charge < -0.3 is 14.2 Å². The summed E-state index contributed by atoms with van der Waals surface area (Å²) in [4.78, 5) is 51.7. The molecule has 0 aromatic heterocycles. The van der Waals surface area contributed by atoms with E-state index >= 15 is 0 Å². The highest BCUT2D eigenvalue weighted by Crippen LogP contribution is 2.35. The number of urea groups is 1. The Kier molecular flexibility index (Phi) is 8.30. The average Bonchev–Trinajstić information content (AvgIpc) is 3.23. The number of carbonyl (C=O) groups is 4. The first-order chi connectivity index (χ1) is 17.8. The molecule has 0 fully saturated rings. The van der Waals surface area contributed by atoms with Crippen molar-refractivity contribution in [2.45, 2.75) is 20.2 Å². The number of rotatable bonds is 5. The minimum Gasteiger partial charge on any atom is -0.465 e. The van der Waals surface area contributed by atoms with Crippen LogP contribution in [0.2, 0.25) is 5.02 Å². The zero-order valence-electron chi connectivity index (χ0n) is 20.2. The van der Waals surface area contributed by atoms with Crippen molar-refractivity contribution in [1.29, 1.82) is 0 Å². The van der Waals surface area contributed by atoms with Gasteiger partial charge in [0.05, 0.1) is 31.7 Å². The maximum Gasteiger partial charge on any atom is 0.573 e. The lowest BCUT2D eigenvalue weighted by atomic mass is 9.82. The van der Waals surface area contributed by atoms with E-state index in [1.54, 1.807) is 31.2 Å². The molecule has 2 aromatic rings. The normalized spacial score (nSPS) is 16.9. The number of nitrogens with zero attached hydrogens (tertiary/aromatic N) is 3. The lowest BCUT2D eigenvalue weighted by molar-refractivity contribution is -0.274. The number of hydrogen-bond acceptors (Lipinski definition) is 8. The third kappa shape index (κ3) is 6.05. The molecule has 0 bridgehead atoms. The van der Waals surface area contributed by atoms with Crippen molar-refractivity contribution in [2.24, 2.45) is 10.5 Å². The highest BCUT2D eigenvalue weighted by molar-refractivity contribution is 6.43. The van der Waals surface area contributed by atoms with Crippen molar-refractivity contribution < 1.29 is 46.6 Å². The molecule has 38 heavy (non-hydrogen) atoms. The van der Waals surface area contributed by atoms with Crippen molar-refractivity contribution in [2.75, 3.05) is 25.2 Å². The van der Waals surface area contributed by atoms with Crippen LogP contribution in [0.1, 0.15) is 19.4 Å². The summed E-state index contributed by atoms with van der Waals surface area (Å²) in [6.45, 7) is 2.74. The molecule has 0 spiro atoms. The molecular weight excluding hydrogens is 535 g/mol. The highest BCUT2D eigenvalue weighted by atomic mass is 35.5. The zero-order valence-corrected chi connectivity index (χ0v) is 21.0. The summed E-state index contributed by atoms with van der Waals surface area (Å²) in [6.07, 6.45) is -4.97. The van der Waals surface area contributed by atoms with Gasteiger partial charge in [0.2, 0.25) is 0 Å². The molecule has 1 unspecified atom stereocenters. The summed E-state index contributed by atoms with van der Waals surface area (Å²) in [5.74, 6) is -4.21. The van der Waals surface area contributed by atoms with Crippen LogP contribution in [0, 0.1) is 5.41 Å². The van der Waals surface area contributed by atoms with E-state index in [4.69, 9.17) is 16.3 Å². The number of esters is 2. The second-order valence-electron chi connectivity index (χ2n) is 8.02. The standard InChI is InChI=1S/C24H21ClF3N3O7/c1-4-37-21(34)23(2)13-30(29-18(23)14-5-7-15(25)8-6-14)22(35)31(19(32)20(33)36-3)16-9-11-17(12-10-16)38-24(26,27)28/h5-12H,4,13H2,1-3H3. The number of hydrogen-bond donors (Lipinski definition) is 0. The van der Waals surface area contributed by atoms with Gasteiger partial charge in [-0.3, -0.25) is 9.59 Å². The van der Waals surface area contributed by atoms with Crippen LogP contribution in [-0.2, 0) is 23.9 Å². The Morgan fingerprint density at radius 2 is 1.68 bits per heavy atom. The number of amides is 3. The fourth-order valence-electron chi connectivity index (χ4n) is 3.59. The Balaban J connectivity index is 2.05. The van der Waals surface area contributed by atoms with Crippen LogP contribution < -0.4 is 9.64 Å². The predicted molar refractivity (Wildman–Crippen MR) is 127 cm³/mol. The van der Waals surface area contributed by atoms with Crippen molar-refractivity contribution in [1.82, 2.24) is 5.01 Å². The maximum atomic E-state index is 13.6. The maximum absolute atomic E-state index is 13.6. The number of methoxy groups -OCH3 is 1. The Morgan fingerprint density at radius 3 is 2.21 bits per heavy atom. The predicted octanol–water partition coefficient (Wildman–Crippen LogP) is 4.15. The van der Waals surface area contributed by atoms with Crippen LogP contribution >= 0.6 is 11.6 Å². The molecule has 10 nitrogen and oxygen atoms in total. The molecule has 0 N–H and O–H groups in total. The quantitative estimate of drug-likeness (QED) is 0.402. The van der Waals surface area contributed by atoms with Gasteiger partial charge in [0.25, 0.3) is 0 Å². The van der Waals surface area contributed by atoms with Crippen molar-refractivity contribution in [3.8, 4) is 5.75 Å². The summed E-state index contributed by atoms with van der Waals surface area (Å²) < 4.78 is 51.0. The third-order valence-corrected chi connectivity index (χ3v) is 5.61. The molecule has 0 saturated carbocycles. The molecule has 1 atom stereocenters. The zero-order chi connectivity index (χ0) is 28.3. The molecule has 1 aliphatic heterocycles. The van der Waals surface area contributed by atoms with E-state index in [9.17, 15) is 32.3 Å². The van der Waals surface area contributed by atoms with Gasteiger partial charge in [-0.2, -0.15) is 5.10 Å². The number of halogens is 4. The molecule has 3 rings (SSSR count). The van der Waals surface area contributed by atoms with Gasteiger partial charge in [-0.25, -0.2) is 19.5 Å². The van der Waals surface area contributed by atoms with E-state index in [1.807, 2.05) is 0 Å². The molecule has 14 heteroatoms. The number of ether oxygens (including phenoxy) is 3.